The van der Waals surface area contributed by atoms with Gasteiger partial charge in [0.2, 0.25) is 5.91 Å². The van der Waals surface area contributed by atoms with Gasteiger partial charge in [-0.15, -0.1) is 0 Å². The molecule has 1 aromatic carbocycles. The fraction of sp³-hybridized carbons (Fsp3) is 0.500. The van der Waals surface area contributed by atoms with Gasteiger partial charge in [0.05, 0.1) is 12.0 Å². The van der Waals surface area contributed by atoms with E-state index in [1.165, 1.54) is 0 Å². The number of carboxylic acids is 1. The second-order valence-electron chi connectivity index (χ2n) is 5.93. The molecule has 0 aliphatic carbocycles. The first-order chi connectivity index (χ1) is 10.1. The van der Waals surface area contributed by atoms with Gasteiger partial charge in [-0.3, -0.25) is 9.59 Å². The minimum atomic E-state index is -0.818. The van der Waals surface area contributed by atoms with Crippen LogP contribution in [-0.4, -0.2) is 36.1 Å². The second kappa shape index (κ2) is 5.48. The van der Waals surface area contributed by atoms with Crippen LogP contribution < -0.4 is 10.2 Å². The van der Waals surface area contributed by atoms with Gasteiger partial charge in [-0.05, 0) is 36.9 Å². The molecule has 1 saturated heterocycles. The smallest absolute Gasteiger partial charge is 0.311 e. The molecule has 1 amide bonds. The Labute approximate surface area is 123 Å². The predicted octanol–water partition coefficient (Wildman–Crippen LogP) is 1.59. The summed E-state index contributed by atoms with van der Waals surface area (Å²) < 4.78 is 0. The lowest BCUT2D eigenvalue weighted by molar-refractivity contribution is -0.139. The molecular weight excluding hydrogens is 268 g/mol. The van der Waals surface area contributed by atoms with Gasteiger partial charge in [0.1, 0.15) is 0 Å². The van der Waals surface area contributed by atoms with Crippen LogP contribution in [0.2, 0.25) is 0 Å². The summed E-state index contributed by atoms with van der Waals surface area (Å²) in [5, 5.41) is 12.6. The van der Waals surface area contributed by atoms with E-state index in [4.69, 9.17) is 0 Å². The Morgan fingerprint density at radius 1 is 1.29 bits per heavy atom. The van der Waals surface area contributed by atoms with Gasteiger partial charge in [0.15, 0.2) is 0 Å². The van der Waals surface area contributed by atoms with E-state index in [2.05, 4.69) is 12.2 Å². The first-order valence-electron chi connectivity index (χ1n) is 7.46. The number of para-hydroxylation sites is 1. The van der Waals surface area contributed by atoms with Crippen LogP contribution in [0.5, 0.6) is 0 Å². The first-order valence-corrected chi connectivity index (χ1v) is 7.46. The van der Waals surface area contributed by atoms with Crippen LogP contribution in [0.1, 0.15) is 31.2 Å². The number of hydrogen-bond donors (Lipinski definition) is 2. The van der Waals surface area contributed by atoms with Gasteiger partial charge in [0.25, 0.3) is 0 Å². The zero-order valence-corrected chi connectivity index (χ0v) is 12.1. The molecule has 5 heteroatoms. The second-order valence-corrected chi connectivity index (χ2v) is 5.93. The fourth-order valence-corrected chi connectivity index (χ4v) is 3.38. The van der Waals surface area contributed by atoms with Crippen molar-refractivity contribution in [1.29, 1.82) is 0 Å². The summed E-state index contributed by atoms with van der Waals surface area (Å²) in [6.07, 6.45) is 1.48. The molecule has 2 heterocycles. The maximum Gasteiger partial charge on any atom is 0.311 e. The number of amides is 1. The average molecular weight is 288 g/mol. The third-order valence-corrected chi connectivity index (χ3v) is 4.61. The highest BCUT2D eigenvalue weighted by atomic mass is 16.4. The van der Waals surface area contributed by atoms with E-state index in [9.17, 15) is 14.7 Å². The van der Waals surface area contributed by atoms with Crippen molar-refractivity contribution in [3.63, 3.8) is 0 Å². The lowest BCUT2D eigenvalue weighted by atomic mass is 9.89. The van der Waals surface area contributed by atoms with Gasteiger partial charge in [0, 0.05) is 12.2 Å². The summed E-state index contributed by atoms with van der Waals surface area (Å²) in [7, 11) is 0. The Kier molecular flexibility index (Phi) is 3.68. The van der Waals surface area contributed by atoms with Gasteiger partial charge in [-0.25, -0.2) is 0 Å². The maximum absolute atomic E-state index is 12.8. The summed E-state index contributed by atoms with van der Waals surface area (Å²) in [4.78, 5) is 25.9. The lowest BCUT2D eigenvalue weighted by Gasteiger charge is -2.34. The molecule has 0 aromatic heterocycles. The van der Waals surface area contributed by atoms with E-state index < -0.39 is 11.9 Å². The zero-order chi connectivity index (χ0) is 15.0. The highest BCUT2D eigenvalue weighted by Crippen LogP contribution is 2.36. The van der Waals surface area contributed by atoms with E-state index in [0.29, 0.717) is 18.9 Å². The van der Waals surface area contributed by atoms with E-state index in [0.717, 1.165) is 24.2 Å². The number of fused-ring (bicyclic) bond motifs is 1. The van der Waals surface area contributed by atoms with E-state index >= 15 is 0 Å². The Balaban J connectivity index is 1.92. The third-order valence-electron chi connectivity index (χ3n) is 4.61. The van der Waals surface area contributed by atoms with Gasteiger partial charge < -0.3 is 15.3 Å². The van der Waals surface area contributed by atoms with Crippen molar-refractivity contribution in [2.24, 2.45) is 5.92 Å². The van der Waals surface area contributed by atoms with Crippen LogP contribution in [0.3, 0.4) is 0 Å². The molecular formula is C16H20N2O3. The molecule has 112 valence electrons. The normalized spacial score (nSPS) is 28.2. The van der Waals surface area contributed by atoms with Crippen molar-refractivity contribution >= 4 is 17.6 Å². The molecule has 3 unspecified atom stereocenters. The van der Waals surface area contributed by atoms with Gasteiger partial charge in [-0.1, -0.05) is 25.1 Å². The van der Waals surface area contributed by atoms with Crippen LogP contribution >= 0.6 is 0 Å². The number of carboxylic acid groups (broad SMARTS) is 1. The number of carbonyl (C=O) groups is 2. The van der Waals surface area contributed by atoms with Crippen molar-refractivity contribution in [2.45, 2.75) is 31.7 Å². The van der Waals surface area contributed by atoms with E-state index in [1.54, 1.807) is 4.90 Å². The molecule has 3 atom stereocenters. The number of carbonyl (C=O) groups excluding carboxylic acids is 1. The zero-order valence-electron chi connectivity index (χ0n) is 12.1. The fourth-order valence-electron chi connectivity index (χ4n) is 3.38. The van der Waals surface area contributed by atoms with Crippen molar-refractivity contribution in [3.8, 4) is 0 Å². The van der Waals surface area contributed by atoms with Crippen LogP contribution in [-0.2, 0) is 9.59 Å². The van der Waals surface area contributed by atoms with Crippen molar-refractivity contribution in [1.82, 2.24) is 5.32 Å². The molecule has 21 heavy (non-hydrogen) atoms. The molecule has 0 bridgehead atoms. The average Bonchev–Trinajstić information content (AvgIpc) is 2.91. The molecule has 5 nitrogen and oxygen atoms in total. The number of benzene rings is 1. The summed E-state index contributed by atoms with van der Waals surface area (Å²) in [5.74, 6) is -0.945. The maximum atomic E-state index is 12.8. The molecule has 0 saturated carbocycles. The van der Waals surface area contributed by atoms with Crippen LogP contribution in [0.25, 0.3) is 0 Å². The Hall–Kier alpha value is -1.88. The number of aliphatic carboxylic acids is 1. The minimum absolute atomic E-state index is 0.0660. The molecule has 2 aliphatic heterocycles. The highest BCUT2D eigenvalue weighted by Gasteiger charge is 2.37. The van der Waals surface area contributed by atoms with E-state index in [1.807, 2.05) is 24.3 Å². The molecule has 0 spiro atoms. The summed E-state index contributed by atoms with van der Waals surface area (Å²) in [5.41, 5.74) is 1.50. The monoisotopic (exact) mass is 288 g/mol. The Bertz CT molecular complexity index is 572. The van der Waals surface area contributed by atoms with Crippen molar-refractivity contribution in [2.75, 3.05) is 18.0 Å². The largest absolute Gasteiger partial charge is 0.481 e. The SMILES string of the molecule is CC1CCNC1C(=O)N1CCC(C(=O)O)c2ccccc21. The van der Waals surface area contributed by atoms with Crippen molar-refractivity contribution < 1.29 is 14.7 Å². The van der Waals surface area contributed by atoms with Gasteiger partial charge >= 0.3 is 5.97 Å². The highest BCUT2D eigenvalue weighted by molar-refractivity contribution is 5.99. The number of rotatable bonds is 2. The Morgan fingerprint density at radius 3 is 2.71 bits per heavy atom. The number of anilines is 1. The summed E-state index contributed by atoms with van der Waals surface area (Å²) in [6.45, 7) is 3.42. The standard InChI is InChI=1S/C16H20N2O3/c1-10-6-8-17-14(10)15(19)18-9-7-12(16(20)21)11-4-2-3-5-13(11)18/h2-5,10,12,14,17H,6-9H2,1H3,(H,20,21). The van der Waals surface area contributed by atoms with Crippen LogP contribution in [0, 0.1) is 5.92 Å². The topological polar surface area (TPSA) is 69.6 Å². The van der Waals surface area contributed by atoms with E-state index in [-0.39, 0.29) is 11.9 Å². The lowest BCUT2D eigenvalue weighted by Crippen LogP contribution is -2.48. The molecule has 1 aromatic rings. The first kappa shape index (κ1) is 14.1. The number of nitrogens with one attached hydrogen (secondary N) is 1. The number of hydrogen-bond acceptors (Lipinski definition) is 3. The molecule has 2 N–H and O–H groups in total. The van der Waals surface area contributed by atoms with Gasteiger partial charge in [-0.2, -0.15) is 0 Å². The third kappa shape index (κ3) is 2.42. The molecule has 0 radical (unpaired) electrons. The summed E-state index contributed by atoms with van der Waals surface area (Å²) >= 11 is 0. The van der Waals surface area contributed by atoms with Crippen molar-refractivity contribution in [3.05, 3.63) is 29.8 Å². The van der Waals surface area contributed by atoms with Crippen LogP contribution in [0.15, 0.2) is 24.3 Å². The number of nitrogens with zero attached hydrogens (tertiary/aromatic N) is 1. The molecule has 1 fully saturated rings. The quantitative estimate of drug-likeness (QED) is 0.867. The summed E-state index contributed by atoms with van der Waals surface area (Å²) in [6, 6.07) is 7.20. The Morgan fingerprint density at radius 2 is 2.05 bits per heavy atom. The minimum Gasteiger partial charge on any atom is -0.481 e. The molecule has 3 rings (SSSR count). The predicted molar refractivity (Wildman–Crippen MR) is 79.4 cm³/mol. The van der Waals surface area contributed by atoms with Crippen LogP contribution in [0.4, 0.5) is 5.69 Å². The molecule has 2 aliphatic rings.